The Morgan fingerprint density at radius 1 is 1.24 bits per heavy atom. The first kappa shape index (κ1) is 15.1. The molecule has 0 radical (unpaired) electrons. The largest absolute Gasteiger partial charge is 0.491 e. The molecule has 1 heterocycles. The Kier molecular flexibility index (Phi) is 4.99. The van der Waals surface area contributed by atoms with Gasteiger partial charge in [0.2, 0.25) is 0 Å². The fraction of sp³-hybridized carbons (Fsp3) is 0.429. The summed E-state index contributed by atoms with van der Waals surface area (Å²) in [4.78, 5) is 22.9. The molecule has 1 aromatic carbocycles. The minimum absolute atomic E-state index is 0.445. The summed E-state index contributed by atoms with van der Waals surface area (Å²) in [6.45, 7) is 0.941. The number of carbonyl (C=O) groups is 2. The van der Waals surface area contributed by atoms with Crippen LogP contribution in [0.25, 0.3) is 0 Å². The summed E-state index contributed by atoms with van der Waals surface area (Å²) < 4.78 is 20.1. The second kappa shape index (κ2) is 6.94. The van der Waals surface area contributed by atoms with Crippen LogP contribution in [0.4, 0.5) is 4.79 Å². The number of cyclic esters (lactones) is 1. The van der Waals surface area contributed by atoms with Crippen molar-refractivity contribution in [2.75, 3.05) is 27.4 Å². The molecule has 114 valence electrons. The molecule has 1 aromatic rings. The second-order valence-electron chi connectivity index (χ2n) is 4.38. The van der Waals surface area contributed by atoms with Gasteiger partial charge in [0.1, 0.15) is 12.4 Å². The fourth-order valence-electron chi connectivity index (χ4n) is 1.99. The predicted octanol–water partition coefficient (Wildman–Crippen LogP) is 1.03. The van der Waals surface area contributed by atoms with E-state index in [1.807, 2.05) is 0 Å². The Hall–Kier alpha value is -2.28. The van der Waals surface area contributed by atoms with Gasteiger partial charge in [0, 0.05) is 7.11 Å². The Morgan fingerprint density at radius 3 is 2.57 bits per heavy atom. The van der Waals surface area contributed by atoms with Crippen molar-refractivity contribution in [2.24, 2.45) is 0 Å². The molecule has 0 spiro atoms. The van der Waals surface area contributed by atoms with E-state index in [0.717, 1.165) is 0 Å². The molecule has 0 aliphatic carbocycles. The lowest BCUT2D eigenvalue weighted by atomic mass is 10.0. The van der Waals surface area contributed by atoms with E-state index in [9.17, 15) is 9.59 Å². The molecule has 7 nitrogen and oxygen atoms in total. The standard InChI is InChI=1S/C14H17NO6/c1-18-7-8-20-10-5-3-9(4-6-10)12-11(13(16)19-2)15-14(17)21-12/h3-6,11-12H,7-8H2,1-2H3,(H,15,17)/t11-,12+/m1/s1. The Labute approximate surface area is 122 Å². The van der Waals surface area contributed by atoms with Crippen molar-refractivity contribution in [3.8, 4) is 5.75 Å². The van der Waals surface area contributed by atoms with Crippen LogP contribution < -0.4 is 10.1 Å². The number of hydrogen-bond donors (Lipinski definition) is 1. The van der Waals surface area contributed by atoms with E-state index >= 15 is 0 Å². The first-order valence-corrected chi connectivity index (χ1v) is 6.42. The van der Waals surface area contributed by atoms with Crippen LogP contribution in [0.2, 0.25) is 0 Å². The lowest BCUT2D eigenvalue weighted by Crippen LogP contribution is -2.36. The molecule has 7 heteroatoms. The number of nitrogens with one attached hydrogen (secondary N) is 1. The van der Waals surface area contributed by atoms with Crippen LogP contribution in [-0.2, 0) is 19.0 Å². The van der Waals surface area contributed by atoms with E-state index < -0.39 is 24.2 Å². The molecule has 0 aromatic heterocycles. The maximum atomic E-state index is 11.6. The Morgan fingerprint density at radius 2 is 1.95 bits per heavy atom. The monoisotopic (exact) mass is 295 g/mol. The van der Waals surface area contributed by atoms with Gasteiger partial charge in [-0.05, 0) is 17.7 Å². The highest BCUT2D eigenvalue weighted by atomic mass is 16.6. The van der Waals surface area contributed by atoms with Crippen LogP contribution in [0.1, 0.15) is 11.7 Å². The highest BCUT2D eigenvalue weighted by Gasteiger charge is 2.41. The van der Waals surface area contributed by atoms with Crippen LogP contribution in [0.15, 0.2) is 24.3 Å². The topological polar surface area (TPSA) is 83.1 Å². The fourth-order valence-corrected chi connectivity index (χ4v) is 1.99. The van der Waals surface area contributed by atoms with Gasteiger partial charge < -0.3 is 24.3 Å². The smallest absolute Gasteiger partial charge is 0.408 e. The van der Waals surface area contributed by atoms with Crippen molar-refractivity contribution in [3.63, 3.8) is 0 Å². The van der Waals surface area contributed by atoms with E-state index in [0.29, 0.717) is 24.5 Å². The van der Waals surface area contributed by atoms with Gasteiger partial charge in [0.25, 0.3) is 0 Å². The van der Waals surface area contributed by atoms with Gasteiger partial charge in [-0.25, -0.2) is 9.59 Å². The van der Waals surface area contributed by atoms with Crippen molar-refractivity contribution in [1.29, 1.82) is 0 Å². The summed E-state index contributed by atoms with van der Waals surface area (Å²) in [5.74, 6) is 0.119. The maximum Gasteiger partial charge on any atom is 0.408 e. The molecule has 1 fully saturated rings. The minimum atomic E-state index is -0.845. The van der Waals surface area contributed by atoms with E-state index in [-0.39, 0.29) is 0 Å². The molecule has 1 N–H and O–H groups in total. The molecule has 0 bridgehead atoms. The molecule has 1 aliphatic heterocycles. The van der Waals surface area contributed by atoms with E-state index in [1.165, 1.54) is 7.11 Å². The number of amides is 1. The van der Waals surface area contributed by atoms with E-state index in [2.05, 4.69) is 10.1 Å². The number of hydrogen-bond acceptors (Lipinski definition) is 6. The van der Waals surface area contributed by atoms with Crippen molar-refractivity contribution < 1.29 is 28.5 Å². The SMILES string of the molecule is COCCOc1ccc([C@@H]2OC(=O)N[C@H]2C(=O)OC)cc1. The summed E-state index contributed by atoms with van der Waals surface area (Å²) in [6, 6.07) is 6.12. The van der Waals surface area contributed by atoms with Gasteiger partial charge in [-0.2, -0.15) is 0 Å². The van der Waals surface area contributed by atoms with Crippen LogP contribution in [0.3, 0.4) is 0 Å². The normalized spacial score (nSPS) is 20.6. The average Bonchev–Trinajstić information content (AvgIpc) is 2.89. The summed E-state index contributed by atoms with van der Waals surface area (Å²) in [5.41, 5.74) is 0.683. The lowest BCUT2D eigenvalue weighted by molar-refractivity contribution is -0.144. The summed E-state index contributed by atoms with van der Waals surface area (Å²) in [5, 5.41) is 2.43. The summed E-state index contributed by atoms with van der Waals surface area (Å²) in [6.07, 6.45) is -1.35. The molecule has 0 unspecified atom stereocenters. The Bertz CT molecular complexity index is 501. The Balaban J connectivity index is 2.06. The number of benzene rings is 1. The summed E-state index contributed by atoms with van der Waals surface area (Å²) in [7, 11) is 2.86. The van der Waals surface area contributed by atoms with Crippen molar-refractivity contribution in [1.82, 2.24) is 5.32 Å². The third kappa shape index (κ3) is 3.63. The zero-order chi connectivity index (χ0) is 15.2. The van der Waals surface area contributed by atoms with Crippen LogP contribution in [-0.4, -0.2) is 45.5 Å². The molecule has 21 heavy (non-hydrogen) atoms. The summed E-state index contributed by atoms with van der Waals surface area (Å²) >= 11 is 0. The van der Waals surface area contributed by atoms with E-state index in [4.69, 9.17) is 14.2 Å². The third-order valence-corrected chi connectivity index (χ3v) is 3.03. The number of esters is 1. The zero-order valence-electron chi connectivity index (χ0n) is 11.8. The van der Waals surface area contributed by atoms with Gasteiger partial charge in [0.05, 0.1) is 13.7 Å². The number of carbonyl (C=O) groups excluding carboxylic acids is 2. The van der Waals surface area contributed by atoms with Gasteiger partial charge in [0.15, 0.2) is 12.1 Å². The number of alkyl carbamates (subject to hydrolysis) is 1. The molecule has 0 saturated carbocycles. The molecule has 1 saturated heterocycles. The van der Waals surface area contributed by atoms with Crippen LogP contribution >= 0.6 is 0 Å². The molecular formula is C14H17NO6. The minimum Gasteiger partial charge on any atom is -0.491 e. The van der Waals surface area contributed by atoms with Gasteiger partial charge in [-0.1, -0.05) is 12.1 Å². The van der Waals surface area contributed by atoms with Gasteiger partial charge in [-0.15, -0.1) is 0 Å². The molecule has 2 atom stereocenters. The zero-order valence-corrected chi connectivity index (χ0v) is 11.8. The predicted molar refractivity (Wildman–Crippen MR) is 72.0 cm³/mol. The number of rotatable bonds is 6. The molecular weight excluding hydrogens is 278 g/mol. The first-order valence-electron chi connectivity index (χ1n) is 6.42. The third-order valence-electron chi connectivity index (χ3n) is 3.03. The maximum absolute atomic E-state index is 11.6. The van der Waals surface area contributed by atoms with Crippen LogP contribution in [0.5, 0.6) is 5.75 Å². The number of ether oxygens (including phenoxy) is 4. The number of methoxy groups -OCH3 is 2. The highest BCUT2D eigenvalue weighted by molar-refractivity contribution is 5.85. The highest BCUT2D eigenvalue weighted by Crippen LogP contribution is 2.28. The molecule has 1 aliphatic rings. The van der Waals surface area contributed by atoms with Crippen molar-refractivity contribution >= 4 is 12.1 Å². The van der Waals surface area contributed by atoms with Crippen molar-refractivity contribution in [2.45, 2.75) is 12.1 Å². The van der Waals surface area contributed by atoms with Crippen molar-refractivity contribution in [3.05, 3.63) is 29.8 Å². The quantitative estimate of drug-likeness (QED) is 0.623. The van der Waals surface area contributed by atoms with Gasteiger partial charge in [-0.3, -0.25) is 0 Å². The van der Waals surface area contributed by atoms with Crippen LogP contribution in [0, 0.1) is 0 Å². The molecule has 1 amide bonds. The average molecular weight is 295 g/mol. The lowest BCUT2D eigenvalue weighted by Gasteiger charge is -2.15. The van der Waals surface area contributed by atoms with Gasteiger partial charge >= 0.3 is 12.1 Å². The van der Waals surface area contributed by atoms with E-state index in [1.54, 1.807) is 31.4 Å². The first-order chi connectivity index (χ1) is 10.2. The molecule has 2 rings (SSSR count). The second-order valence-corrected chi connectivity index (χ2v) is 4.38.